The van der Waals surface area contributed by atoms with Crippen LogP contribution < -0.4 is 5.32 Å². The number of hydrogen-bond donors (Lipinski definition) is 2. The number of nitrogens with zero attached hydrogens (tertiary/aromatic N) is 1. The molecule has 0 spiro atoms. The highest BCUT2D eigenvalue weighted by atomic mass is 16.4. The monoisotopic (exact) mass is 208 g/mol. The lowest BCUT2D eigenvalue weighted by molar-refractivity contribution is -0.144. The summed E-state index contributed by atoms with van der Waals surface area (Å²) in [6, 6.07) is 3.73. The molecule has 0 fully saturated rings. The Bertz CT molecular complexity index is 327. The zero-order valence-corrected chi connectivity index (χ0v) is 9.03. The number of carboxylic acids is 1. The van der Waals surface area contributed by atoms with Gasteiger partial charge in [-0.05, 0) is 31.0 Å². The molecule has 4 nitrogen and oxygen atoms in total. The van der Waals surface area contributed by atoms with Crippen LogP contribution in [0.25, 0.3) is 0 Å². The lowest BCUT2D eigenvalue weighted by Crippen LogP contribution is -2.48. The number of nitrogens with one attached hydrogen (secondary N) is 1. The number of carbonyl (C=O) groups is 1. The van der Waals surface area contributed by atoms with Gasteiger partial charge in [0.1, 0.15) is 5.54 Å². The fraction of sp³-hybridized carbons (Fsp3) is 0.455. The molecule has 1 atom stereocenters. The van der Waals surface area contributed by atoms with Crippen LogP contribution in [0.2, 0.25) is 0 Å². The van der Waals surface area contributed by atoms with Crippen molar-refractivity contribution in [3.8, 4) is 0 Å². The normalized spacial score (nSPS) is 14.5. The van der Waals surface area contributed by atoms with Gasteiger partial charge in [0, 0.05) is 18.9 Å². The van der Waals surface area contributed by atoms with E-state index < -0.39 is 11.5 Å². The van der Waals surface area contributed by atoms with Crippen molar-refractivity contribution in [1.82, 2.24) is 10.3 Å². The summed E-state index contributed by atoms with van der Waals surface area (Å²) < 4.78 is 0. The van der Waals surface area contributed by atoms with Crippen molar-refractivity contribution in [1.29, 1.82) is 0 Å². The molecule has 0 aliphatic carbocycles. The highest BCUT2D eigenvalue weighted by molar-refractivity contribution is 5.78. The minimum Gasteiger partial charge on any atom is -0.480 e. The molecule has 0 aliphatic rings. The zero-order chi connectivity index (χ0) is 11.3. The molecule has 15 heavy (non-hydrogen) atoms. The highest BCUT2D eigenvalue weighted by Gasteiger charge is 2.29. The molecule has 0 aliphatic heterocycles. The van der Waals surface area contributed by atoms with Crippen LogP contribution in [0, 0.1) is 0 Å². The first-order valence-electron chi connectivity index (χ1n) is 4.96. The summed E-state index contributed by atoms with van der Waals surface area (Å²) in [5.74, 6) is -0.820. The molecule has 0 radical (unpaired) electrons. The fourth-order valence-electron chi connectivity index (χ4n) is 1.15. The molecule has 1 aromatic heterocycles. The molecule has 1 rings (SSSR count). The summed E-state index contributed by atoms with van der Waals surface area (Å²) in [4.78, 5) is 14.9. The minimum absolute atomic E-state index is 0.541. The Morgan fingerprint density at radius 1 is 1.53 bits per heavy atom. The van der Waals surface area contributed by atoms with Crippen molar-refractivity contribution in [3.05, 3.63) is 30.1 Å². The van der Waals surface area contributed by atoms with Crippen molar-refractivity contribution in [3.63, 3.8) is 0 Å². The summed E-state index contributed by atoms with van der Waals surface area (Å²) >= 11 is 0. The maximum Gasteiger partial charge on any atom is 0.323 e. The molecule has 0 aromatic carbocycles. The van der Waals surface area contributed by atoms with Crippen molar-refractivity contribution < 1.29 is 9.90 Å². The van der Waals surface area contributed by atoms with Crippen LogP contribution in [0.3, 0.4) is 0 Å². The SMILES string of the molecule is CCC(C)(NCc1ccncc1)C(=O)O. The van der Waals surface area contributed by atoms with Gasteiger partial charge in [-0.1, -0.05) is 6.92 Å². The third-order valence-corrected chi connectivity index (χ3v) is 2.61. The van der Waals surface area contributed by atoms with E-state index >= 15 is 0 Å². The minimum atomic E-state index is -0.858. The van der Waals surface area contributed by atoms with Crippen molar-refractivity contribution in [2.45, 2.75) is 32.4 Å². The molecule has 82 valence electrons. The van der Waals surface area contributed by atoms with Gasteiger partial charge in [0.05, 0.1) is 0 Å². The molecule has 4 heteroatoms. The van der Waals surface area contributed by atoms with Gasteiger partial charge in [-0.25, -0.2) is 0 Å². The first-order valence-corrected chi connectivity index (χ1v) is 4.96. The maximum absolute atomic E-state index is 11.0. The second kappa shape index (κ2) is 4.89. The Morgan fingerprint density at radius 3 is 2.60 bits per heavy atom. The van der Waals surface area contributed by atoms with Crippen LogP contribution in [-0.2, 0) is 11.3 Å². The molecular formula is C11H16N2O2. The standard InChI is InChI=1S/C11H16N2O2/c1-3-11(2,10(14)15)13-8-9-4-6-12-7-5-9/h4-7,13H,3,8H2,1-2H3,(H,14,15). The maximum atomic E-state index is 11.0. The van der Waals surface area contributed by atoms with Crippen LogP contribution in [0.4, 0.5) is 0 Å². The van der Waals surface area contributed by atoms with Gasteiger partial charge in [0.2, 0.25) is 0 Å². The van der Waals surface area contributed by atoms with Gasteiger partial charge < -0.3 is 5.11 Å². The Balaban J connectivity index is 2.59. The third-order valence-electron chi connectivity index (χ3n) is 2.61. The topological polar surface area (TPSA) is 62.2 Å². The van der Waals surface area contributed by atoms with Crippen LogP contribution in [0.15, 0.2) is 24.5 Å². The van der Waals surface area contributed by atoms with Gasteiger partial charge in [-0.3, -0.25) is 15.1 Å². The molecule has 1 aromatic rings. The molecular weight excluding hydrogens is 192 g/mol. The zero-order valence-electron chi connectivity index (χ0n) is 9.03. The number of rotatable bonds is 5. The molecule has 1 heterocycles. The van der Waals surface area contributed by atoms with E-state index in [0.717, 1.165) is 5.56 Å². The molecule has 1 unspecified atom stereocenters. The van der Waals surface area contributed by atoms with Gasteiger partial charge in [-0.15, -0.1) is 0 Å². The Kier molecular flexibility index (Phi) is 3.80. The number of carboxylic acid groups (broad SMARTS) is 1. The first-order chi connectivity index (χ1) is 7.08. The lowest BCUT2D eigenvalue weighted by atomic mass is 9.99. The van der Waals surface area contributed by atoms with Crippen LogP contribution in [-0.4, -0.2) is 21.6 Å². The van der Waals surface area contributed by atoms with Crippen molar-refractivity contribution >= 4 is 5.97 Å². The van der Waals surface area contributed by atoms with Gasteiger partial charge in [0.15, 0.2) is 0 Å². The van der Waals surface area contributed by atoms with Gasteiger partial charge in [0.25, 0.3) is 0 Å². The van der Waals surface area contributed by atoms with Crippen LogP contribution in [0.5, 0.6) is 0 Å². The summed E-state index contributed by atoms with van der Waals surface area (Å²) in [6.45, 7) is 4.09. The van der Waals surface area contributed by atoms with E-state index in [2.05, 4.69) is 10.3 Å². The van der Waals surface area contributed by atoms with E-state index in [4.69, 9.17) is 5.11 Å². The fourth-order valence-corrected chi connectivity index (χ4v) is 1.15. The average Bonchev–Trinajstić information content (AvgIpc) is 2.27. The molecule has 0 bridgehead atoms. The number of hydrogen-bond acceptors (Lipinski definition) is 3. The predicted octanol–water partition coefficient (Wildman–Crippen LogP) is 1.42. The second-order valence-electron chi connectivity index (χ2n) is 3.70. The summed E-state index contributed by atoms with van der Waals surface area (Å²) in [5.41, 5.74) is 0.175. The smallest absolute Gasteiger partial charge is 0.323 e. The first kappa shape index (κ1) is 11.7. The van der Waals surface area contributed by atoms with Gasteiger partial charge >= 0.3 is 5.97 Å². The molecule has 0 amide bonds. The lowest BCUT2D eigenvalue weighted by Gasteiger charge is -2.24. The van der Waals surface area contributed by atoms with E-state index in [9.17, 15) is 4.79 Å². The summed E-state index contributed by atoms with van der Waals surface area (Å²) in [7, 11) is 0. The van der Waals surface area contributed by atoms with Gasteiger partial charge in [-0.2, -0.15) is 0 Å². The number of pyridine rings is 1. The number of aromatic nitrogens is 1. The average molecular weight is 208 g/mol. The van der Waals surface area contributed by atoms with E-state index in [1.165, 1.54) is 0 Å². The summed E-state index contributed by atoms with van der Waals surface area (Å²) in [6.07, 6.45) is 3.94. The number of aliphatic carboxylic acids is 1. The van der Waals surface area contributed by atoms with Crippen molar-refractivity contribution in [2.75, 3.05) is 0 Å². The quantitative estimate of drug-likeness (QED) is 0.768. The highest BCUT2D eigenvalue weighted by Crippen LogP contribution is 2.10. The largest absolute Gasteiger partial charge is 0.480 e. The summed E-state index contributed by atoms with van der Waals surface area (Å²) in [5, 5.41) is 12.1. The predicted molar refractivity (Wildman–Crippen MR) is 57.4 cm³/mol. The Labute approximate surface area is 89.3 Å². The molecule has 0 saturated heterocycles. The molecule has 2 N–H and O–H groups in total. The van der Waals surface area contributed by atoms with E-state index in [-0.39, 0.29) is 0 Å². The van der Waals surface area contributed by atoms with Crippen molar-refractivity contribution in [2.24, 2.45) is 0 Å². The Morgan fingerprint density at radius 2 is 2.13 bits per heavy atom. The van der Waals surface area contributed by atoms with E-state index in [0.29, 0.717) is 13.0 Å². The van der Waals surface area contributed by atoms with E-state index in [1.54, 1.807) is 19.3 Å². The second-order valence-corrected chi connectivity index (χ2v) is 3.70. The van der Waals surface area contributed by atoms with Crippen LogP contribution in [0.1, 0.15) is 25.8 Å². The third kappa shape index (κ3) is 3.02. The Hall–Kier alpha value is -1.42. The molecule has 0 saturated carbocycles. The van der Waals surface area contributed by atoms with E-state index in [1.807, 2.05) is 19.1 Å². The van der Waals surface area contributed by atoms with Crippen LogP contribution >= 0.6 is 0 Å².